The Morgan fingerprint density at radius 3 is 1.30 bits per heavy atom. The first kappa shape index (κ1) is 82.5. The molecular formula is C54H89NO45. The summed E-state index contributed by atoms with van der Waals surface area (Å²) in [5.41, 5.74) is 0. The number of aliphatic hydroxyl groups excluding tert-OH is 24. The van der Waals surface area contributed by atoms with Gasteiger partial charge in [-0.3, -0.25) is 4.79 Å². The molecule has 0 aromatic heterocycles. The monoisotopic (exact) mass is 1470 g/mol. The van der Waals surface area contributed by atoms with E-state index >= 15 is 0 Å². The fourth-order valence-corrected chi connectivity index (χ4v) is 12.6. The maximum absolute atomic E-state index is 13.4. The molecule has 46 nitrogen and oxygen atoms in total. The summed E-state index contributed by atoms with van der Waals surface area (Å²) in [5, 5.41) is 297. The van der Waals surface area contributed by atoms with E-state index in [2.05, 4.69) is 5.32 Å². The van der Waals surface area contributed by atoms with E-state index in [1.165, 1.54) is 0 Å². The smallest absolute Gasteiger partial charge is 0.364 e. The van der Waals surface area contributed by atoms with Gasteiger partial charge in [-0.2, -0.15) is 0 Å². The third-order valence-electron chi connectivity index (χ3n) is 18.3. The third kappa shape index (κ3) is 17.1. The van der Waals surface area contributed by atoms with Crippen LogP contribution in [-0.2, 0) is 85.4 Å². The molecule has 0 spiro atoms. The summed E-state index contributed by atoms with van der Waals surface area (Å²) in [4.78, 5) is 38.9. The van der Waals surface area contributed by atoms with Gasteiger partial charge in [-0.15, -0.1) is 0 Å². The highest BCUT2D eigenvalue weighted by Gasteiger charge is 2.64. The van der Waals surface area contributed by atoms with Gasteiger partial charge in [0.15, 0.2) is 37.7 Å². The van der Waals surface area contributed by atoms with Gasteiger partial charge in [-0.25, -0.2) is 9.59 Å². The van der Waals surface area contributed by atoms with Crippen molar-refractivity contribution in [2.45, 2.75) is 264 Å². The minimum absolute atomic E-state index is 0.929. The van der Waals surface area contributed by atoms with E-state index in [9.17, 15) is 152 Å². The Hall–Kier alpha value is -3.19. The number of rotatable bonds is 27. The SMILES string of the molecule is CC(=O)N[C@H]1[C@@H](O[C@H]2[C@H](O[C@H]3[C@H](O[C@@H]4O[C@H](CO)[C@@H](O)[C@H](O)[C@H]4O)[C@@H](O)[C@@H](O[C@H]4[C@@H]([C@H](O)CO)O[C@@](O)(C(=O)O)C[C@H]4OC4(C(=O)O)C[C@@H](O)[C@@H](O)[C@@H]([C@H](O)CO)O4)O[C@@H]3CO[C@@H]3O[C@H](CO)[C@@H](O)[C@H](O)[C@H]3O[C@H]3O[C@H](CO)[C@@H](O)[C@H](O)[C@H]3O)O[C@H](CO)[C@@H](O)[C@@H]2O)O[C@H](CO)[C@@H](O)[C@@H]1O. The summed E-state index contributed by atoms with van der Waals surface area (Å²) in [5.74, 6) is -12.7. The van der Waals surface area contributed by atoms with Crippen molar-refractivity contribution in [3.63, 3.8) is 0 Å². The minimum atomic E-state index is -3.67. The molecule has 0 saturated carbocycles. The van der Waals surface area contributed by atoms with Gasteiger partial charge in [0.05, 0.1) is 65.1 Å². The van der Waals surface area contributed by atoms with Gasteiger partial charge in [0.25, 0.3) is 11.6 Å². The van der Waals surface area contributed by atoms with Crippen molar-refractivity contribution in [3.8, 4) is 0 Å². The van der Waals surface area contributed by atoms with Crippen molar-refractivity contribution in [2.75, 3.05) is 52.9 Å². The first-order chi connectivity index (χ1) is 47.1. The zero-order chi connectivity index (χ0) is 74.1. The lowest BCUT2D eigenvalue weighted by Crippen LogP contribution is -2.71. The summed E-state index contributed by atoms with van der Waals surface area (Å²) < 4.78 is 88.4. The number of hydrogen-bond donors (Lipinski definition) is 28. The topological polar surface area (TPSA) is 748 Å². The number of carbonyl (C=O) groups is 3. The van der Waals surface area contributed by atoms with Crippen LogP contribution in [0.15, 0.2) is 0 Å². The Kier molecular flexibility index (Phi) is 28.5. The van der Waals surface area contributed by atoms with Crippen LogP contribution < -0.4 is 5.32 Å². The molecule has 0 aromatic carbocycles. The Labute approximate surface area is 562 Å². The Balaban J connectivity index is 1.30. The molecular weight excluding hydrogens is 1380 g/mol. The molecule has 8 saturated heterocycles. The minimum Gasteiger partial charge on any atom is -0.477 e. The van der Waals surface area contributed by atoms with Crippen LogP contribution in [0.1, 0.15) is 19.8 Å². The molecule has 40 atom stereocenters. The maximum Gasteiger partial charge on any atom is 0.364 e. The van der Waals surface area contributed by atoms with Crippen molar-refractivity contribution in [2.24, 2.45) is 0 Å². The highest BCUT2D eigenvalue weighted by atomic mass is 16.8. The second kappa shape index (κ2) is 34.6. The first-order valence-corrected chi connectivity index (χ1v) is 31.2. The molecule has 46 heteroatoms. The fourth-order valence-electron chi connectivity index (χ4n) is 12.6. The van der Waals surface area contributed by atoms with E-state index in [4.69, 9.17) is 71.1 Å². The average Bonchev–Trinajstić information content (AvgIpc) is 0.754. The maximum atomic E-state index is 13.4. The quantitative estimate of drug-likeness (QED) is 0.0363. The van der Waals surface area contributed by atoms with Gasteiger partial charge < -0.3 is 214 Å². The van der Waals surface area contributed by atoms with E-state index in [0.29, 0.717) is 0 Å². The summed E-state index contributed by atoms with van der Waals surface area (Å²) in [6.07, 6.45) is -87.9. The molecule has 8 rings (SSSR count). The number of ether oxygens (including phenoxy) is 15. The van der Waals surface area contributed by atoms with Crippen molar-refractivity contribution >= 4 is 17.8 Å². The van der Waals surface area contributed by atoms with Crippen LogP contribution in [0, 0.1) is 0 Å². The molecule has 1 amide bonds. The normalized spacial score (nSPS) is 49.5. The van der Waals surface area contributed by atoms with Crippen LogP contribution in [0.25, 0.3) is 0 Å². The van der Waals surface area contributed by atoms with Gasteiger partial charge in [-0.05, 0) is 0 Å². The van der Waals surface area contributed by atoms with Crippen LogP contribution in [0.4, 0.5) is 0 Å². The second-order valence-electron chi connectivity index (χ2n) is 25.0. The molecule has 0 radical (unpaired) electrons. The molecule has 580 valence electrons. The Bertz CT molecular complexity index is 2610. The van der Waals surface area contributed by atoms with Gasteiger partial charge in [0.1, 0.15) is 183 Å². The predicted octanol–water partition coefficient (Wildman–Crippen LogP) is -18.6. The van der Waals surface area contributed by atoms with Crippen molar-refractivity contribution in [1.29, 1.82) is 0 Å². The van der Waals surface area contributed by atoms with Crippen molar-refractivity contribution in [1.82, 2.24) is 5.32 Å². The van der Waals surface area contributed by atoms with Crippen molar-refractivity contribution < 1.29 is 223 Å². The number of amides is 1. The zero-order valence-electron chi connectivity index (χ0n) is 52.4. The number of aliphatic hydroxyl groups is 25. The molecule has 100 heavy (non-hydrogen) atoms. The zero-order valence-corrected chi connectivity index (χ0v) is 52.4. The number of carboxylic acids is 2. The Morgan fingerprint density at radius 1 is 0.420 bits per heavy atom. The van der Waals surface area contributed by atoms with Crippen LogP contribution in [0.5, 0.6) is 0 Å². The number of aliphatic carboxylic acids is 2. The standard InChI is InChI=1S/C54H89NO45/c1-12(63)55-23-30(73)25(68)17(6-58)87-45(23)96-44-34(77)29(72)21(10-62)91-50(44)94-41-22(11-86-49-43(33(76)28(71)20(9-61)90-49)97-47-36(79)32(75)27(70)19(8-60)89-47)92-48(37(80)42(41)95-46-35(78)31(74)26(69)18(7-59)88-46)93-40-16(3-53(85,51(81)82)99-39(40)15(66)5-57)98-54(52(83)84)2-13(64)24(67)38(100-54)14(65)4-56/h13-50,56-62,64-80,85H,2-11H2,1H3,(H,55,63)(H,81,82)(H,83,84)/t13-,14-,15-,16-,17-,18-,19-,20-,21-,22-,23-,24-,25-,26-,27-,28-,29-,30-,31+,32+,33+,34+,35-,36-,37-,38-,39-,40-,41-,42-,43-,44-,45-,46+,47-,48-,49-,50+,53-,54?/m1/s1. The molecule has 0 bridgehead atoms. The summed E-state index contributed by atoms with van der Waals surface area (Å²) >= 11 is 0. The molecule has 8 aliphatic heterocycles. The number of hydrogen-bond acceptors (Lipinski definition) is 43. The number of nitrogens with one attached hydrogen (secondary N) is 1. The molecule has 1 unspecified atom stereocenters. The van der Waals surface area contributed by atoms with E-state index in [-0.39, 0.29) is 0 Å². The predicted molar refractivity (Wildman–Crippen MR) is 298 cm³/mol. The van der Waals surface area contributed by atoms with Crippen molar-refractivity contribution in [3.05, 3.63) is 0 Å². The van der Waals surface area contributed by atoms with E-state index in [1.807, 2.05) is 0 Å². The fraction of sp³-hybridized carbons (Fsp3) is 0.944. The Morgan fingerprint density at radius 2 is 0.820 bits per heavy atom. The third-order valence-corrected chi connectivity index (χ3v) is 18.3. The van der Waals surface area contributed by atoms with E-state index in [1.54, 1.807) is 0 Å². The van der Waals surface area contributed by atoms with Crippen LogP contribution in [0.3, 0.4) is 0 Å². The lowest BCUT2D eigenvalue weighted by Gasteiger charge is -2.52. The molecule has 28 N–H and O–H groups in total. The van der Waals surface area contributed by atoms with Gasteiger partial charge >= 0.3 is 11.9 Å². The lowest BCUT2D eigenvalue weighted by atomic mass is 9.89. The average molecular weight is 1470 g/mol. The molecule has 8 fully saturated rings. The largest absolute Gasteiger partial charge is 0.477 e. The molecule has 8 heterocycles. The van der Waals surface area contributed by atoms with Crippen LogP contribution in [-0.4, -0.2) is 453 Å². The first-order valence-electron chi connectivity index (χ1n) is 31.2. The van der Waals surface area contributed by atoms with E-state index < -0.39 is 328 Å². The lowest BCUT2D eigenvalue weighted by molar-refractivity contribution is -0.417. The summed E-state index contributed by atoms with van der Waals surface area (Å²) in [6, 6.07) is -1.88. The van der Waals surface area contributed by atoms with Crippen LogP contribution in [0.2, 0.25) is 0 Å². The van der Waals surface area contributed by atoms with Gasteiger partial charge in [0, 0.05) is 19.8 Å². The highest BCUT2D eigenvalue weighted by molar-refractivity contribution is 5.77. The highest BCUT2D eigenvalue weighted by Crippen LogP contribution is 2.44. The molecule has 0 aromatic rings. The number of carboxylic acid groups (broad SMARTS) is 2. The number of carbonyl (C=O) groups excluding carboxylic acids is 1. The van der Waals surface area contributed by atoms with Gasteiger partial charge in [-0.1, -0.05) is 0 Å². The summed E-state index contributed by atoms with van der Waals surface area (Å²) in [6.45, 7) is -8.98. The summed E-state index contributed by atoms with van der Waals surface area (Å²) in [7, 11) is 0. The van der Waals surface area contributed by atoms with Crippen LogP contribution >= 0.6 is 0 Å². The molecule has 0 aliphatic carbocycles. The van der Waals surface area contributed by atoms with E-state index in [0.717, 1.165) is 6.92 Å². The van der Waals surface area contributed by atoms with Gasteiger partial charge in [0.2, 0.25) is 5.91 Å². The second-order valence-corrected chi connectivity index (χ2v) is 25.0. The molecule has 8 aliphatic rings.